The first-order valence-electron chi connectivity index (χ1n) is 21.4. The molecule has 0 spiro atoms. The van der Waals surface area contributed by atoms with E-state index in [0.29, 0.717) is 145 Å². The topological polar surface area (TPSA) is 165 Å². The van der Waals surface area contributed by atoms with Gasteiger partial charge in [-0.25, -0.2) is 0 Å². The summed E-state index contributed by atoms with van der Waals surface area (Å²) in [5, 5.41) is 8.50. The molecule has 0 aromatic carbocycles. The molecule has 0 rings (SSSR count). The van der Waals surface area contributed by atoms with Crippen LogP contribution in [0.25, 0.3) is 0 Å². The lowest BCUT2D eigenvalue weighted by atomic mass is 10.0. The highest BCUT2D eigenvalue weighted by molar-refractivity contribution is 5.69. The predicted molar refractivity (Wildman–Crippen MR) is 213 cm³/mol. The Balaban J connectivity index is 3.12. The van der Waals surface area contributed by atoms with Gasteiger partial charge in [0.15, 0.2) is 0 Å². The van der Waals surface area contributed by atoms with Gasteiger partial charge in [0.1, 0.15) is 6.61 Å². The fraction of sp³-hybridized carbons (Fsp3) is 0.951. The van der Waals surface area contributed by atoms with Crippen molar-refractivity contribution < 1.29 is 71.5 Å². The third kappa shape index (κ3) is 50.5. The van der Waals surface area contributed by atoms with Crippen molar-refractivity contribution in [1.82, 2.24) is 0 Å². The van der Waals surface area contributed by atoms with Crippen molar-refractivity contribution in [1.29, 1.82) is 0 Å². The molecule has 0 aromatic heterocycles. The van der Waals surface area contributed by atoms with E-state index in [9.17, 15) is 9.59 Å². The number of rotatable bonds is 50. The van der Waals surface area contributed by atoms with Gasteiger partial charge in [0.25, 0.3) is 0 Å². The van der Waals surface area contributed by atoms with E-state index in [4.69, 9.17) is 61.9 Å². The number of hydrogen-bond donors (Lipinski definition) is 1. The Labute approximate surface area is 338 Å². The third-order valence-electron chi connectivity index (χ3n) is 8.16. The first kappa shape index (κ1) is 54.5. The summed E-state index contributed by atoms with van der Waals surface area (Å²) in [5.74, 6) is -1.01. The number of hydrogen-bond acceptors (Lipinski definition) is 14. The summed E-state index contributed by atoms with van der Waals surface area (Å²) in [6.45, 7) is 12.4. The summed E-state index contributed by atoms with van der Waals surface area (Å²) in [6.07, 6.45) is 17.3. The van der Waals surface area contributed by atoms with E-state index >= 15 is 0 Å². The molecule has 0 fully saturated rings. The van der Waals surface area contributed by atoms with Gasteiger partial charge in [-0.15, -0.1) is 0 Å². The minimum absolute atomic E-state index is 0.00467. The lowest BCUT2D eigenvalue weighted by Crippen LogP contribution is -2.15. The number of esters is 1. The minimum Gasteiger partial charge on any atom is -0.481 e. The summed E-state index contributed by atoms with van der Waals surface area (Å²) in [5.41, 5.74) is 0. The number of carbonyl (C=O) groups excluding carboxylic acids is 1. The van der Waals surface area contributed by atoms with Gasteiger partial charge in [0, 0.05) is 6.42 Å². The van der Waals surface area contributed by atoms with Gasteiger partial charge in [0.05, 0.1) is 152 Å². The Morgan fingerprint density at radius 1 is 0.304 bits per heavy atom. The third-order valence-corrected chi connectivity index (χ3v) is 8.16. The van der Waals surface area contributed by atoms with Crippen molar-refractivity contribution in [3.05, 3.63) is 0 Å². The van der Waals surface area contributed by atoms with Crippen molar-refractivity contribution in [2.24, 2.45) is 0 Å². The highest BCUT2D eigenvalue weighted by atomic mass is 16.6. The minimum atomic E-state index is -0.876. The van der Waals surface area contributed by atoms with Crippen molar-refractivity contribution >= 4 is 11.9 Å². The fourth-order valence-electron chi connectivity index (χ4n) is 5.03. The van der Waals surface area contributed by atoms with E-state index in [0.717, 1.165) is 12.8 Å². The van der Waals surface area contributed by atoms with E-state index in [1.165, 1.54) is 70.6 Å². The molecule has 0 aliphatic carbocycles. The zero-order valence-electron chi connectivity index (χ0n) is 35.0. The molecule has 334 valence electrons. The van der Waals surface area contributed by atoms with E-state index < -0.39 is 5.97 Å². The number of aliphatic carboxylic acids is 1. The molecular weight excluding hydrogens is 732 g/mol. The van der Waals surface area contributed by atoms with Gasteiger partial charge in [-0.05, 0) is 6.42 Å². The number of carboxylic acid groups (broad SMARTS) is 1. The SMILES string of the molecule is CCCCCCCCCCCCCCCC(=O)OCCOCCOCCOCCOCCOCCOCCOCCOCCOCCOCCOCCC(=O)O. The van der Waals surface area contributed by atoms with E-state index in [1.807, 2.05) is 0 Å². The van der Waals surface area contributed by atoms with Crippen LogP contribution in [0, 0.1) is 0 Å². The van der Waals surface area contributed by atoms with Crippen LogP contribution in [0.3, 0.4) is 0 Å². The molecule has 0 amide bonds. The Hall–Kier alpha value is -1.50. The molecule has 0 aliphatic rings. The Kier molecular flexibility index (Phi) is 48.3. The summed E-state index contributed by atoms with van der Waals surface area (Å²) >= 11 is 0. The van der Waals surface area contributed by atoms with Crippen molar-refractivity contribution in [3.63, 3.8) is 0 Å². The molecule has 0 heterocycles. The van der Waals surface area contributed by atoms with Crippen molar-refractivity contribution in [2.45, 2.75) is 103 Å². The van der Waals surface area contributed by atoms with Crippen LogP contribution in [-0.2, 0) is 66.4 Å². The maximum Gasteiger partial charge on any atom is 0.305 e. The van der Waals surface area contributed by atoms with Crippen LogP contribution < -0.4 is 0 Å². The molecule has 0 aliphatic heterocycles. The number of ether oxygens (including phenoxy) is 12. The van der Waals surface area contributed by atoms with Gasteiger partial charge in [-0.3, -0.25) is 9.59 Å². The molecule has 56 heavy (non-hydrogen) atoms. The van der Waals surface area contributed by atoms with Crippen molar-refractivity contribution in [3.8, 4) is 0 Å². The first-order chi connectivity index (χ1) is 27.7. The van der Waals surface area contributed by atoms with Crippen LogP contribution >= 0.6 is 0 Å². The molecule has 0 saturated carbocycles. The molecule has 0 saturated heterocycles. The maximum absolute atomic E-state index is 11.9. The van der Waals surface area contributed by atoms with E-state index in [2.05, 4.69) is 6.92 Å². The lowest BCUT2D eigenvalue weighted by molar-refractivity contribution is -0.145. The molecule has 15 nitrogen and oxygen atoms in total. The van der Waals surface area contributed by atoms with Crippen molar-refractivity contribution in [2.75, 3.05) is 152 Å². The zero-order valence-corrected chi connectivity index (χ0v) is 35.0. The second-order valence-electron chi connectivity index (χ2n) is 13.1. The highest BCUT2D eigenvalue weighted by Gasteiger charge is 2.03. The quantitative estimate of drug-likeness (QED) is 0.0590. The van der Waals surface area contributed by atoms with Crippen LogP contribution in [-0.4, -0.2) is 169 Å². The first-order valence-corrected chi connectivity index (χ1v) is 21.4. The van der Waals surface area contributed by atoms with Gasteiger partial charge in [0.2, 0.25) is 0 Å². The fourth-order valence-corrected chi connectivity index (χ4v) is 5.03. The monoisotopic (exact) mass is 813 g/mol. The summed E-state index contributed by atoms with van der Waals surface area (Å²) in [4.78, 5) is 22.2. The largest absolute Gasteiger partial charge is 0.481 e. The van der Waals surface area contributed by atoms with Gasteiger partial charge < -0.3 is 61.9 Å². The Bertz CT molecular complexity index is 777. The van der Waals surface area contributed by atoms with E-state index in [1.54, 1.807) is 0 Å². The highest BCUT2D eigenvalue weighted by Crippen LogP contribution is 2.13. The second-order valence-corrected chi connectivity index (χ2v) is 13.1. The average Bonchev–Trinajstić information content (AvgIpc) is 3.19. The lowest BCUT2D eigenvalue weighted by Gasteiger charge is -2.09. The maximum atomic E-state index is 11.9. The Morgan fingerprint density at radius 2 is 0.536 bits per heavy atom. The molecule has 15 heteroatoms. The van der Waals surface area contributed by atoms with E-state index in [-0.39, 0.29) is 25.6 Å². The summed E-state index contributed by atoms with van der Waals surface area (Å²) in [7, 11) is 0. The van der Waals surface area contributed by atoms with Gasteiger partial charge in [-0.2, -0.15) is 0 Å². The van der Waals surface area contributed by atoms with Crippen LogP contribution in [0.1, 0.15) is 103 Å². The molecule has 0 bridgehead atoms. The summed E-state index contributed by atoms with van der Waals surface area (Å²) in [6, 6.07) is 0. The number of carboxylic acids is 1. The standard InChI is InChI=1S/C41H80O15/c1-2-3-4-5-6-7-8-9-10-11-12-13-14-15-41(44)56-39-38-55-37-36-54-35-34-53-33-32-52-31-30-51-29-28-50-27-26-49-25-24-48-23-22-47-21-20-46-19-18-45-17-16-40(42)43/h2-39H2,1H3,(H,42,43). The molecule has 1 N–H and O–H groups in total. The smallest absolute Gasteiger partial charge is 0.305 e. The molecular formula is C41H80O15. The van der Waals surface area contributed by atoms with Crippen LogP contribution in [0.2, 0.25) is 0 Å². The molecule has 0 radical (unpaired) electrons. The predicted octanol–water partition coefficient (Wildman–Crippen LogP) is 5.67. The van der Waals surface area contributed by atoms with Crippen LogP contribution in [0.5, 0.6) is 0 Å². The Morgan fingerprint density at radius 3 is 0.804 bits per heavy atom. The summed E-state index contributed by atoms with van der Waals surface area (Å²) < 4.78 is 64.9. The number of carbonyl (C=O) groups is 2. The molecule has 0 aromatic rings. The second kappa shape index (κ2) is 49.6. The zero-order chi connectivity index (χ0) is 40.5. The molecule has 0 unspecified atom stereocenters. The van der Waals surface area contributed by atoms with Crippen LogP contribution in [0.15, 0.2) is 0 Å². The normalized spacial score (nSPS) is 11.4. The number of unbranched alkanes of at least 4 members (excludes halogenated alkanes) is 12. The van der Waals surface area contributed by atoms with Gasteiger partial charge >= 0.3 is 11.9 Å². The molecule has 0 atom stereocenters. The van der Waals surface area contributed by atoms with Crippen LogP contribution in [0.4, 0.5) is 0 Å². The van der Waals surface area contributed by atoms with Gasteiger partial charge in [-0.1, -0.05) is 84.0 Å². The average molecular weight is 813 g/mol.